The Morgan fingerprint density at radius 2 is 1.87 bits per heavy atom. The van der Waals surface area contributed by atoms with E-state index in [0.717, 1.165) is 0 Å². The molecule has 1 heterocycles. The molecule has 2 aromatic rings. The number of esters is 1. The number of halogens is 1. The molecule has 0 aliphatic rings. The third kappa shape index (κ3) is 5.80. The van der Waals surface area contributed by atoms with Crippen LogP contribution in [0.25, 0.3) is 10.8 Å². The Kier molecular flexibility index (Phi) is 6.95. The number of rotatable bonds is 6. The SMILES string of the molecule is CC(C)[C@@H](NS(=O)(=O)c1ccc2c(Cl)cnc(N=C(N)N)c2c1)C(=O)OC(C)(C)C. The maximum atomic E-state index is 13.0. The number of fused-ring (bicyclic) bond motifs is 1. The molecule has 0 bridgehead atoms. The Morgan fingerprint density at radius 3 is 2.40 bits per heavy atom. The van der Waals surface area contributed by atoms with Crippen molar-refractivity contribution in [2.75, 3.05) is 0 Å². The van der Waals surface area contributed by atoms with E-state index >= 15 is 0 Å². The van der Waals surface area contributed by atoms with Gasteiger partial charge in [-0.15, -0.1) is 0 Å². The zero-order valence-corrected chi connectivity index (χ0v) is 19.0. The maximum Gasteiger partial charge on any atom is 0.324 e. The van der Waals surface area contributed by atoms with Crippen molar-refractivity contribution in [2.24, 2.45) is 22.4 Å². The van der Waals surface area contributed by atoms with Crippen LogP contribution < -0.4 is 16.2 Å². The summed E-state index contributed by atoms with van der Waals surface area (Å²) in [5.41, 5.74) is 10.1. The molecule has 164 valence electrons. The van der Waals surface area contributed by atoms with Crippen molar-refractivity contribution in [3.63, 3.8) is 0 Å². The zero-order valence-electron chi connectivity index (χ0n) is 17.4. The molecule has 2 rings (SSSR count). The summed E-state index contributed by atoms with van der Waals surface area (Å²) in [7, 11) is -4.09. The summed E-state index contributed by atoms with van der Waals surface area (Å²) in [6, 6.07) is 3.18. The third-order valence-electron chi connectivity index (χ3n) is 3.94. The fourth-order valence-corrected chi connectivity index (χ4v) is 4.18. The van der Waals surface area contributed by atoms with E-state index in [0.29, 0.717) is 15.8 Å². The maximum absolute atomic E-state index is 13.0. The number of aromatic nitrogens is 1. The minimum atomic E-state index is -4.09. The van der Waals surface area contributed by atoms with Gasteiger partial charge >= 0.3 is 5.97 Å². The van der Waals surface area contributed by atoms with Crippen molar-refractivity contribution in [3.05, 3.63) is 29.4 Å². The number of nitrogens with zero attached hydrogens (tertiary/aromatic N) is 2. The van der Waals surface area contributed by atoms with Gasteiger partial charge in [0.2, 0.25) is 10.0 Å². The van der Waals surface area contributed by atoms with Gasteiger partial charge in [0.25, 0.3) is 0 Å². The predicted octanol–water partition coefficient (Wildman–Crippen LogP) is 2.44. The Balaban J connectivity index is 2.50. The van der Waals surface area contributed by atoms with Crippen LogP contribution in [0.1, 0.15) is 34.6 Å². The topological polar surface area (TPSA) is 150 Å². The molecule has 0 saturated carbocycles. The van der Waals surface area contributed by atoms with E-state index in [-0.39, 0.29) is 22.6 Å². The molecule has 0 saturated heterocycles. The number of hydrogen-bond acceptors (Lipinski definition) is 6. The van der Waals surface area contributed by atoms with Gasteiger partial charge in [-0.25, -0.2) is 13.4 Å². The summed E-state index contributed by atoms with van der Waals surface area (Å²) in [6.45, 7) is 8.57. The van der Waals surface area contributed by atoms with Crippen LogP contribution >= 0.6 is 11.6 Å². The minimum Gasteiger partial charge on any atom is -0.459 e. The minimum absolute atomic E-state index is 0.0969. The Hall–Kier alpha value is -2.43. The summed E-state index contributed by atoms with van der Waals surface area (Å²) < 4.78 is 33.8. The number of nitrogens with two attached hydrogens (primary N) is 2. The summed E-state index contributed by atoms with van der Waals surface area (Å²) in [4.78, 5) is 20.4. The largest absolute Gasteiger partial charge is 0.459 e. The molecule has 1 atom stereocenters. The molecule has 11 heteroatoms. The van der Waals surface area contributed by atoms with Gasteiger partial charge in [0.05, 0.1) is 9.92 Å². The number of pyridine rings is 1. The molecular formula is C19H26ClN5O4S. The third-order valence-corrected chi connectivity index (χ3v) is 5.68. The van der Waals surface area contributed by atoms with E-state index in [9.17, 15) is 13.2 Å². The molecular weight excluding hydrogens is 430 g/mol. The fraction of sp³-hybridized carbons (Fsp3) is 0.421. The standard InChI is InChI=1S/C19H26ClN5O4S/c1-10(2)15(17(26)29-19(3,4)5)25-30(27,28)11-6-7-12-13(8-11)16(24-18(21)22)23-9-14(12)20/h6-10,15,25H,1-5H3,(H4,21,22,23,24)/t15-/m1/s1. The number of aliphatic imine (C=N–C) groups is 1. The van der Waals surface area contributed by atoms with Crippen LogP contribution in [-0.4, -0.2) is 37.0 Å². The first kappa shape index (κ1) is 23.8. The second-order valence-electron chi connectivity index (χ2n) is 8.05. The van der Waals surface area contributed by atoms with Gasteiger partial charge in [0, 0.05) is 17.0 Å². The number of guanidine groups is 1. The van der Waals surface area contributed by atoms with Crippen LogP contribution in [0.3, 0.4) is 0 Å². The Morgan fingerprint density at radius 1 is 1.23 bits per heavy atom. The van der Waals surface area contributed by atoms with Crippen molar-refractivity contribution in [1.29, 1.82) is 0 Å². The molecule has 5 N–H and O–H groups in total. The number of sulfonamides is 1. The average molecular weight is 456 g/mol. The van der Waals surface area contributed by atoms with Crippen LogP contribution in [-0.2, 0) is 19.6 Å². The number of ether oxygens (including phenoxy) is 1. The molecule has 0 amide bonds. The molecule has 1 aromatic carbocycles. The average Bonchev–Trinajstić information content (AvgIpc) is 2.59. The number of carbonyl (C=O) groups is 1. The molecule has 0 radical (unpaired) electrons. The van der Waals surface area contributed by atoms with E-state index < -0.39 is 27.6 Å². The highest BCUT2D eigenvalue weighted by Crippen LogP contribution is 2.31. The lowest BCUT2D eigenvalue weighted by atomic mass is 10.1. The van der Waals surface area contributed by atoms with Gasteiger partial charge < -0.3 is 16.2 Å². The number of benzene rings is 1. The molecule has 9 nitrogen and oxygen atoms in total. The lowest BCUT2D eigenvalue weighted by Gasteiger charge is -2.26. The van der Waals surface area contributed by atoms with E-state index in [1.165, 1.54) is 24.4 Å². The van der Waals surface area contributed by atoms with Gasteiger partial charge in [-0.2, -0.15) is 9.71 Å². The van der Waals surface area contributed by atoms with Gasteiger partial charge in [-0.3, -0.25) is 4.79 Å². The quantitative estimate of drug-likeness (QED) is 0.344. The molecule has 0 fully saturated rings. The Labute approximate surface area is 180 Å². The first-order chi connectivity index (χ1) is 13.7. The van der Waals surface area contributed by atoms with E-state index in [1.54, 1.807) is 34.6 Å². The van der Waals surface area contributed by atoms with E-state index in [1.807, 2.05) is 0 Å². The summed E-state index contributed by atoms with van der Waals surface area (Å²) >= 11 is 6.16. The summed E-state index contributed by atoms with van der Waals surface area (Å²) in [6.07, 6.45) is 1.37. The molecule has 0 aliphatic heterocycles. The fourth-order valence-electron chi connectivity index (χ4n) is 2.61. The molecule has 0 aliphatic carbocycles. The van der Waals surface area contributed by atoms with Crippen molar-refractivity contribution < 1.29 is 17.9 Å². The second kappa shape index (κ2) is 8.75. The van der Waals surface area contributed by atoms with Crippen molar-refractivity contribution in [1.82, 2.24) is 9.71 Å². The van der Waals surface area contributed by atoms with Crippen LogP contribution in [0.15, 0.2) is 34.3 Å². The number of nitrogens with one attached hydrogen (secondary N) is 1. The highest BCUT2D eigenvalue weighted by atomic mass is 35.5. The number of carbonyl (C=O) groups excluding carboxylic acids is 1. The van der Waals surface area contributed by atoms with Gasteiger partial charge in [0.15, 0.2) is 11.8 Å². The van der Waals surface area contributed by atoms with E-state index in [4.69, 9.17) is 27.8 Å². The normalized spacial score (nSPS) is 13.3. The highest BCUT2D eigenvalue weighted by molar-refractivity contribution is 7.89. The van der Waals surface area contributed by atoms with Crippen molar-refractivity contribution in [2.45, 2.75) is 51.2 Å². The molecule has 0 unspecified atom stereocenters. The van der Waals surface area contributed by atoms with Crippen LogP contribution in [0, 0.1) is 5.92 Å². The number of hydrogen-bond donors (Lipinski definition) is 3. The summed E-state index contributed by atoms with van der Waals surface area (Å²) in [5, 5.41) is 1.18. The monoisotopic (exact) mass is 455 g/mol. The predicted molar refractivity (Wildman–Crippen MR) is 117 cm³/mol. The Bertz CT molecular complexity index is 1090. The summed E-state index contributed by atoms with van der Waals surface area (Å²) in [5.74, 6) is -1.11. The smallest absolute Gasteiger partial charge is 0.324 e. The zero-order chi connectivity index (χ0) is 22.9. The highest BCUT2D eigenvalue weighted by Gasteiger charge is 2.32. The van der Waals surface area contributed by atoms with Crippen molar-refractivity contribution in [3.8, 4) is 0 Å². The lowest BCUT2D eigenvalue weighted by Crippen LogP contribution is -2.47. The lowest BCUT2D eigenvalue weighted by molar-refractivity contribution is -0.158. The second-order valence-corrected chi connectivity index (χ2v) is 10.2. The van der Waals surface area contributed by atoms with Crippen LogP contribution in [0.5, 0.6) is 0 Å². The molecule has 1 aromatic heterocycles. The first-order valence-corrected chi connectivity index (χ1v) is 11.0. The van der Waals surface area contributed by atoms with Gasteiger partial charge in [-0.05, 0) is 38.8 Å². The van der Waals surface area contributed by atoms with Gasteiger partial charge in [0.1, 0.15) is 11.6 Å². The van der Waals surface area contributed by atoms with Crippen LogP contribution in [0.2, 0.25) is 5.02 Å². The van der Waals surface area contributed by atoms with Gasteiger partial charge in [-0.1, -0.05) is 31.5 Å². The molecule has 0 spiro atoms. The molecule has 30 heavy (non-hydrogen) atoms. The van der Waals surface area contributed by atoms with E-state index in [2.05, 4.69) is 14.7 Å². The first-order valence-electron chi connectivity index (χ1n) is 9.14. The van der Waals surface area contributed by atoms with Crippen molar-refractivity contribution >= 4 is 50.1 Å². The van der Waals surface area contributed by atoms with Crippen LogP contribution in [0.4, 0.5) is 5.82 Å².